The van der Waals surface area contributed by atoms with Crippen LogP contribution in [0.1, 0.15) is 27.6 Å². The highest BCUT2D eigenvalue weighted by Gasteiger charge is 2.37. The minimum absolute atomic E-state index is 0.0642. The summed E-state index contributed by atoms with van der Waals surface area (Å²) in [4.78, 5) is 12.7. The van der Waals surface area contributed by atoms with Gasteiger partial charge in [-0.3, -0.25) is 0 Å². The molecular weight excluding hydrogens is 404 g/mol. The second-order valence-electron chi connectivity index (χ2n) is 7.08. The van der Waals surface area contributed by atoms with Gasteiger partial charge in [-0.1, -0.05) is 12.1 Å². The van der Waals surface area contributed by atoms with Crippen LogP contribution in [0.3, 0.4) is 0 Å². The fourth-order valence-electron chi connectivity index (χ4n) is 3.46. The third kappa shape index (κ3) is 3.87. The van der Waals surface area contributed by atoms with Crippen LogP contribution in [0.15, 0.2) is 54.6 Å². The van der Waals surface area contributed by atoms with E-state index in [0.717, 1.165) is 0 Å². The van der Waals surface area contributed by atoms with Crippen LogP contribution in [0.2, 0.25) is 0 Å². The van der Waals surface area contributed by atoms with Gasteiger partial charge < -0.3 is 34.6 Å². The Morgan fingerprint density at radius 2 is 1.65 bits per heavy atom. The number of phenols is 4. The molecule has 1 aliphatic rings. The highest BCUT2D eigenvalue weighted by atomic mass is 16.6. The molecule has 0 spiro atoms. The molecular formula is C23H20O8. The number of fused-ring (bicyclic) bond motifs is 1. The normalized spacial score (nSPS) is 17.3. The molecule has 0 radical (unpaired) electrons. The molecule has 1 unspecified atom stereocenters. The van der Waals surface area contributed by atoms with E-state index in [1.54, 1.807) is 30.3 Å². The first-order valence-corrected chi connectivity index (χ1v) is 9.44. The minimum Gasteiger partial charge on any atom is -0.504 e. The molecule has 3 aromatic carbocycles. The molecule has 160 valence electrons. The van der Waals surface area contributed by atoms with Crippen LogP contribution in [0.4, 0.5) is 0 Å². The van der Waals surface area contributed by atoms with Crippen LogP contribution in [0.5, 0.6) is 34.5 Å². The Morgan fingerprint density at radius 1 is 0.935 bits per heavy atom. The summed E-state index contributed by atoms with van der Waals surface area (Å²) in [6.07, 6.45) is -1.53. The van der Waals surface area contributed by atoms with Crippen molar-refractivity contribution in [3.8, 4) is 34.5 Å². The van der Waals surface area contributed by atoms with Gasteiger partial charge in [0, 0.05) is 17.5 Å². The predicted molar refractivity (Wildman–Crippen MR) is 109 cm³/mol. The number of methoxy groups -OCH3 is 1. The second-order valence-corrected chi connectivity index (χ2v) is 7.08. The largest absolute Gasteiger partial charge is 0.504 e. The molecule has 4 N–H and O–H groups in total. The number of hydrogen-bond donors (Lipinski definition) is 4. The molecule has 0 saturated heterocycles. The number of carbonyl (C=O) groups is 1. The Hall–Kier alpha value is -4.07. The zero-order chi connectivity index (χ0) is 22.1. The molecule has 4 rings (SSSR count). The fraction of sp³-hybridized carbons (Fsp3) is 0.174. The summed E-state index contributed by atoms with van der Waals surface area (Å²) in [7, 11) is 1.52. The van der Waals surface area contributed by atoms with E-state index in [-0.39, 0.29) is 29.4 Å². The van der Waals surface area contributed by atoms with Crippen molar-refractivity contribution in [3.63, 3.8) is 0 Å². The van der Waals surface area contributed by atoms with Crippen molar-refractivity contribution in [2.24, 2.45) is 0 Å². The molecule has 0 aromatic heterocycles. The van der Waals surface area contributed by atoms with Gasteiger partial charge in [-0.2, -0.15) is 0 Å². The SMILES string of the molecule is COc1ccc(C(=O)O[C@@H]2Cc3ccc(O)c(O)c3OC2c2ccc(O)c(O)c2)cc1. The lowest BCUT2D eigenvalue weighted by Gasteiger charge is -2.34. The monoisotopic (exact) mass is 424 g/mol. The van der Waals surface area contributed by atoms with Crippen molar-refractivity contribution in [2.75, 3.05) is 7.11 Å². The number of aromatic hydroxyl groups is 4. The Morgan fingerprint density at radius 3 is 2.32 bits per heavy atom. The third-order valence-electron chi connectivity index (χ3n) is 5.11. The van der Waals surface area contributed by atoms with Gasteiger partial charge in [0.15, 0.2) is 29.1 Å². The van der Waals surface area contributed by atoms with Crippen LogP contribution < -0.4 is 9.47 Å². The number of carbonyl (C=O) groups excluding carboxylic acids is 1. The van der Waals surface area contributed by atoms with E-state index < -0.39 is 23.9 Å². The zero-order valence-electron chi connectivity index (χ0n) is 16.5. The van der Waals surface area contributed by atoms with Crippen LogP contribution in [-0.4, -0.2) is 39.6 Å². The summed E-state index contributed by atoms with van der Waals surface area (Å²) < 4.78 is 16.7. The molecule has 0 fully saturated rings. The van der Waals surface area contributed by atoms with Gasteiger partial charge in [0.1, 0.15) is 11.9 Å². The van der Waals surface area contributed by atoms with Gasteiger partial charge in [-0.05, 0) is 42.5 Å². The number of hydrogen-bond acceptors (Lipinski definition) is 8. The maximum Gasteiger partial charge on any atom is 0.338 e. The van der Waals surface area contributed by atoms with Crippen molar-refractivity contribution in [1.82, 2.24) is 0 Å². The Kier molecular flexibility index (Phi) is 5.21. The first-order chi connectivity index (χ1) is 14.9. The lowest BCUT2D eigenvalue weighted by Crippen LogP contribution is -2.34. The van der Waals surface area contributed by atoms with E-state index >= 15 is 0 Å². The van der Waals surface area contributed by atoms with Gasteiger partial charge >= 0.3 is 5.97 Å². The van der Waals surface area contributed by atoms with Gasteiger partial charge in [0.25, 0.3) is 0 Å². The summed E-state index contributed by atoms with van der Waals surface area (Å²) in [6.45, 7) is 0. The smallest absolute Gasteiger partial charge is 0.338 e. The van der Waals surface area contributed by atoms with E-state index in [4.69, 9.17) is 14.2 Å². The molecule has 3 aromatic rings. The zero-order valence-corrected chi connectivity index (χ0v) is 16.5. The van der Waals surface area contributed by atoms with Crippen LogP contribution >= 0.6 is 0 Å². The average Bonchev–Trinajstić information content (AvgIpc) is 2.78. The van der Waals surface area contributed by atoms with E-state index in [1.165, 1.54) is 31.4 Å². The number of benzene rings is 3. The second kappa shape index (κ2) is 7.98. The Bertz CT molecular complexity index is 1120. The molecule has 1 aliphatic heterocycles. The lowest BCUT2D eigenvalue weighted by atomic mass is 9.93. The van der Waals surface area contributed by atoms with Crippen molar-refractivity contribution in [1.29, 1.82) is 0 Å². The maximum atomic E-state index is 12.7. The number of phenolic OH excluding ortho intramolecular Hbond substituents is 4. The highest BCUT2D eigenvalue weighted by molar-refractivity contribution is 5.89. The van der Waals surface area contributed by atoms with Crippen molar-refractivity contribution in [3.05, 3.63) is 71.3 Å². The number of rotatable bonds is 4. The van der Waals surface area contributed by atoms with Gasteiger partial charge in [0.2, 0.25) is 5.75 Å². The summed E-state index contributed by atoms with van der Waals surface area (Å²) >= 11 is 0. The molecule has 31 heavy (non-hydrogen) atoms. The first-order valence-electron chi connectivity index (χ1n) is 9.44. The molecule has 0 saturated carbocycles. The summed E-state index contributed by atoms with van der Waals surface area (Å²) in [5.74, 6) is -1.38. The van der Waals surface area contributed by atoms with Crippen LogP contribution in [0.25, 0.3) is 0 Å². The number of esters is 1. The molecule has 2 atom stereocenters. The Labute approximate surface area is 177 Å². The quantitative estimate of drug-likeness (QED) is 0.371. The molecule has 1 heterocycles. The van der Waals surface area contributed by atoms with Crippen LogP contribution in [-0.2, 0) is 11.2 Å². The summed E-state index contributed by atoms with van der Waals surface area (Å²) in [5, 5.41) is 39.6. The molecule has 8 heteroatoms. The first kappa shape index (κ1) is 20.2. The maximum absolute atomic E-state index is 12.7. The van der Waals surface area contributed by atoms with Gasteiger partial charge in [0.05, 0.1) is 12.7 Å². The Balaban J connectivity index is 1.68. The molecule has 0 aliphatic carbocycles. The third-order valence-corrected chi connectivity index (χ3v) is 5.11. The average molecular weight is 424 g/mol. The van der Waals surface area contributed by atoms with E-state index in [9.17, 15) is 25.2 Å². The van der Waals surface area contributed by atoms with E-state index in [2.05, 4.69) is 0 Å². The number of ether oxygens (including phenoxy) is 3. The minimum atomic E-state index is -0.908. The molecule has 0 bridgehead atoms. The highest BCUT2D eigenvalue weighted by Crippen LogP contribution is 2.46. The summed E-state index contributed by atoms with van der Waals surface area (Å²) in [5.41, 5.74) is 1.27. The molecule has 8 nitrogen and oxygen atoms in total. The van der Waals surface area contributed by atoms with E-state index in [0.29, 0.717) is 22.4 Å². The topological polar surface area (TPSA) is 126 Å². The van der Waals surface area contributed by atoms with Gasteiger partial charge in [-0.25, -0.2) is 4.79 Å². The van der Waals surface area contributed by atoms with Crippen molar-refractivity contribution >= 4 is 5.97 Å². The van der Waals surface area contributed by atoms with Crippen LogP contribution in [0, 0.1) is 0 Å². The summed E-state index contributed by atoms with van der Waals surface area (Å²) in [6, 6.07) is 13.4. The van der Waals surface area contributed by atoms with Crippen molar-refractivity contribution in [2.45, 2.75) is 18.6 Å². The lowest BCUT2D eigenvalue weighted by molar-refractivity contribution is -0.0192. The standard InChI is InChI=1S/C23H20O8/c1-29-15-6-2-12(3-7-15)23(28)30-19-11-14-5-9-17(25)20(27)22(14)31-21(19)13-4-8-16(24)18(26)10-13/h2-10,19,21,24-27H,11H2,1H3/t19-,21?/m1/s1. The van der Waals surface area contributed by atoms with Gasteiger partial charge in [-0.15, -0.1) is 0 Å². The molecule has 0 amide bonds. The predicted octanol–water partition coefficient (Wildman–Crippen LogP) is 3.42. The van der Waals surface area contributed by atoms with E-state index in [1.807, 2.05) is 0 Å². The van der Waals surface area contributed by atoms with Crippen molar-refractivity contribution < 1.29 is 39.4 Å². The fourth-order valence-corrected chi connectivity index (χ4v) is 3.46.